The minimum absolute atomic E-state index is 0.425. The molecular weight excluding hydrogens is 150 g/mol. The molecule has 62 valence electrons. The van der Waals surface area contributed by atoms with E-state index >= 15 is 0 Å². The lowest BCUT2D eigenvalue weighted by molar-refractivity contribution is 1.17. The van der Waals surface area contributed by atoms with Crippen molar-refractivity contribution in [1.29, 1.82) is 0 Å². The van der Waals surface area contributed by atoms with Crippen molar-refractivity contribution >= 4 is 18.0 Å². The van der Waals surface area contributed by atoms with E-state index in [0.717, 1.165) is 11.4 Å². The molecule has 0 aromatic carbocycles. The van der Waals surface area contributed by atoms with Gasteiger partial charge in [-0.05, 0) is 19.1 Å². The van der Waals surface area contributed by atoms with Gasteiger partial charge in [0.1, 0.15) is 5.82 Å². The maximum atomic E-state index is 5.47. The molecule has 0 amide bonds. The second-order valence-electron chi connectivity index (χ2n) is 2.27. The summed E-state index contributed by atoms with van der Waals surface area (Å²) in [5.74, 6) is 0.425. The molecular formula is C9H11N3. The van der Waals surface area contributed by atoms with Crippen LogP contribution in [0.1, 0.15) is 18.3 Å². The van der Waals surface area contributed by atoms with E-state index in [1.54, 1.807) is 6.08 Å². The number of nitrogens with two attached hydrogens (primary N) is 1. The predicted octanol–water partition coefficient (Wildman–Crippen LogP) is 1.73. The maximum absolute atomic E-state index is 5.47. The average molecular weight is 161 g/mol. The quantitative estimate of drug-likeness (QED) is 0.718. The lowest BCUT2D eigenvalue weighted by Crippen LogP contribution is -1.96. The fourth-order valence-corrected chi connectivity index (χ4v) is 0.865. The molecule has 0 saturated heterocycles. The van der Waals surface area contributed by atoms with Crippen LogP contribution in [0.25, 0.3) is 12.2 Å². The van der Waals surface area contributed by atoms with Crippen molar-refractivity contribution in [3.63, 3.8) is 0 Å². The third-order valence-corrected chi connectivity index (χ3v) is 1.37. The fourth-order valence-electron chi connectivity index (χ4n) is 0.865. The van der Waals surface area contributed by atoms with Crippen LogP contribution in [0.3, 0.4) is 0 Å². The van der Waals surface area contributed by atoms with Gasteiger partial charge in [-0.3, -0.25) is 4.98 Å². The largest absolute Gasteiger partial charge is 0.382 e. The van der Waals surface area contributed by atoms with Crippen LogP contribution >= 0.6 is 0 Å². The molecule has 0 aliphatic heterocycles. The van der Waals surface area contributed by atoms with Gasteiger partial charge in [-0.15, -0.1) is 0 Å². The zero-order chi connectivity index (χ0) is 8.97. The van der Waals surface area contributed by atoms with E-state index < -0.39 is 0 Å². The van der Waals surface area contributed by atoms with E-state index in [0.29, 0.717) is 5.82 Å². The Labute approximate surface area is 71.7 Å². The molecule has 0 saturated carbocycles. The van der Waals surface area contributed by atoms with Crippen LogP contribution < -0.4 is 5.73 Å². The standard InChI is InChI=1S/C9H11N3/c1-3-5-8-7(4-2)11-6-9(10)12-8/h3-6H,2H2,1H3,(H2,10,12)/b5-3-. The molecule has 0 atom stereocenters. The Morgan fingerprint density at radius 2 is 2.25 bits per heavy atom. The molecule has 1 aromatic rings. The van der Waals surface area contributed by atoms with Gasteiger partial charge in [0, 0.05) is 0 Å². The average Bonchev–Trinajstić information content (AvgIpc) is 2.05. The van der Waals surface area contributed by atoms with Crippen LogP contribution in [0.5, 0.6) is 0 Å². The van der Waals surface area contributed by atoms with Gasteiger partial charge in [0.25, 0.3) is 0 Å². The molecule has 0 bridgehead atoms. The highest BCUT2D eigenvalue weighted by atomic mass is 14.9. The van der Waals surface area contributed by atoms with Gasteiger partial charge in [-0.25, -0.2) is 4.98 Å². The molecule has 0 fully saturated rings. The number of nitrogen functional groups attached to an aromatic ring is 1. The first-order chi connectivity index (χ1) is 5.77. The number of hydrogen-bond acceptors (Lipinski definition) is 3. The summed E-state index contributed by atoms with van der Waals surface area (Å²) in [6.07, 6.45) is 6.91. The van der Waals surface area contributed by atoms with Gasteiger partial charge >= 0.3 is 0 Å². The Bertz CT molecular complexity index is 316. The first-order valence-corrected chi connectivity index (χ1v) is 3.65. The fraction of sp³-hybridized carbons (Fsp3) is 0.111. The summed E-state index contributed by atoms with van der Waals surface area (Å²) in [6, 6.07) is 0. The van der Waals surface area contributed by atoms with Crippen molar-refractivity contribution in [2.24, 2.45) is 0 Å². The van der Waals surface area contributed by atoms with Gasteiger partial charge in [-0.2, -0.15) is 0 Å². The van der Waals surface area contributed by atoms with Crippen LogP contribution in [-0.2, 0) is 0 Å². The summed E-state index contributed by atoms with van der Waals surface area (Å²) in [6.45, 7) is 5.54. The summed E-state index contributed by atoms with van der Waals surface area (Å²) in [5, 5.41) is 0. The number of hydrogen-bond donors (Lipinski definition) is 1. The van der Waals surface area contributed by atoms with E-state index in [1.807, 2.05) is 19.1 Å². The monoisotopic (exact) mass is 161 g/mol. The highest BCUT2D eigenvalue weighted by molar-refractivity contribution is 5.59. The molecule has 0 spiro atoms. The smallest absolute Gasteiger partial charge is 0.142 e. The van der Waals surface area contributed by atoms with Gasteiger partial charge in [-0.1, -0.05) is 12.7 Å². The van der Waals surface area contributed by atoms with E-state index in [-0.39, 0.29) is 0 Å². The van der Waals surface area contributed by atoms with Crippen LogP contribution in [0.4, 0.5) is 5.82 Å². The first kappa shape index (κ1) is 8.46. The van der Waals surface area contributed by atoms with Gasteiger partial charge in [0.05, 0.1) is 17.6 Å². The molecule has 0 unspecified atom stereocenters. The molecule has 0 aliphatic carbocycles. The molecule has 12 heavy (non-hydrogen) atoms. The molecule has 0 aliphatic rings. The summed E-state index contributed by atoms with van der Waals surface area (Å²) < 4.78 is 0. The van der Waals surface area contributed by atoms with E-state index in [9.17, 15) is 0 Å². The second-order valence-corrected chi connectivity index (χ2v) is 2.27. The van der Waals surface area contributed by atoms with Gasteiger partial charge in [0.2, 0.25) is 0 Å². The highest BCUT2D eigenvalue weighted by Gasteiger charge is 1.98. The minimum atomic E-state index is 0.425. The molecule has 1 rings (SSSR count). The second kappa shape index (κ2) is 3.67. The SMILES string of the molecule is C=Cc1ncc(N)nc1/C=C\C. The van der Waals surface area contributed by atoms with Crippen molar-refractivity contribution in [1.82, 2.24) is 9.97 Å². The number of nitrogens with zero attached hydrogens (tertiary/aromatic N) is 2. The molecule has 1 heterocycles. The predicted molar refractivity (Wildman–Crippen MR) is 51.2 cm³/mol. The third kappa shape index (κ3) is 1.69. The van der Waals surface area contributed by atoms with Gasteiger partial charge in [0.15, 0.2) is 0 Å². The molecule has 2 N–H and O–H groups in total. The normalized spacial score (nSPS) is 10.4. The van der Waals surface area contributed by atoms with E-state index in [2.05, 4.69) is 16.5 Å². The molecule has 1 aromatic heterocycles. The highest BCUT2D eigenvalue weighted by Crippen LogP contribution is 2.08. The maximum Gasteiger partial charge on any atom is 0.142 e. The van der Waals surface area contributed by atoms with Crippen molar-refractivity contribution < 1.29 is 0 Å². The van der Waals surface area contributed by atoms with Crippen LogP contribution in [0.15, 0.2) is 18.9 Å². The van der Waals surface area contributed by atoms with Gasteiger partial charge < -0.3 is 5.73 Å². The van der Waals surface area contributed by atoms with Crippen molar-refractivity contribution in [2.75, 3.05) is 5.73 Å². The first-order valence-electron chi connectivity index (χ1n) is 3.65. The zero-order valence-electron chi connectivity index (χ0n) is 6.99. The number of rotatable bonds is 2. The molecule has 3 heteroatoms. The van der Waals surface area contributed by atoms with Crippen molar-refractivity contribution in [3.8, 4) is 0 Å². The Kier molecular flexibility index (Phi) is 2.58. The summed E-state index contributed by atoms with van der Waals surface area (Å²) in [4.78, 5) is 8.15. The third-order valence-electron chi connectivity index (χ3n) is 1.37. The van der Waals surface area contributed by atoms with Crippen molar-refractivity contribution in [2.45, 2.75) is 6.92 Å². The summed E-state index contributed by atoms with van der Waals surface area (Å²) in [7, 11) is 0. The Balaban J connectivity index is 3.20. The topological polar surface area (TPSA) is 51.8 Å². The Hall–Kier alpha value is -1.64. The number of anilines is 1. The van der Waals surface area contributed by atoms with Crippen LogP contribution in [0, 0.1) is 0 Å². The zero-order valence-corrected chi connectivity index (χ0v) is 6.99. The van der Waals surface area contributed by atoms with E-state index in [4.69, 9.17) is 5.73 Å². The molecule has 3 nitrogen and oxygen atoms in total. The number of allylic oxidation sites excluding steroid dienone is 1. The van der Waals surface area contributed by atoms with E-state index in [1.165, 1.54) is 6.20 Å². The lowest BCUT2D eigenvalue weighted by atomic mass is 10.3. The summed E-state index contributed by atoms with van der Waals surface area (Å²) in [5.41, 5.74) is 6.98. The summed E-state index contributed by atoms with van der Waals surface area (Å²) >= 11 is 0. The lowest BCUT2D eigenvalue weighted by Gasteiger charge is -1.99. The van der Waals surface area contributed by atoms with Crippen LogP contribution in [-0.4, -0.2) is 9.97 Å². The molecule has 0 radical (unpaired) electrons. The number of aromatic nitrogens is 2. The van der Waals surface area contributed by atoms with Crippen molar-refractivity contribution in [3.05, 3.63) is 30.2 Å². The Morgan fingerprint density at radius 3 is 2.83 bits per heavy atom. The Morgan fingerprint density at radius 1 is 1.50 bits per heavy atom. The van der Waals surface area contributed by atoms with Crippen LogP contribution in [0.2, 0.25) is 0 Å². The minimum Gasteiger partial charge on any atom is -0.382 e.